The third kappa shape index (κ3) is 4.01. The number of aromatic amines is 2. The molecule has 3 aromatic carbocycles. The molecular formula is C27H22ClN5O4. The van der Waals surface area contributed by atoms with Gasteiger partial charge in [0.1, 0.15) is 12.4 Å². The van der Waals surface area contributed by atoms with Gasteiger partial charge in [0.05, 0.1) is 34.5 Å². The molecule has 0 bridgehead atoms. The van der Waals surface area contributed by atoms with Gasteiger partial charge in [0.15, 0.2) is 6.10 Å². The summed E-state index contributed by atoms with van der Waals surface area (Å²) < 4.78 is 18.9. The maximum absolute atomic E-state index is 11.8. The van der Waals surface area contributed by atoms with E-state index < -0.39 is 0 Å². The molecule has 5 aromatic rings. The van der Waals surface area contributed by atoms with Crippen molar-refractivity contribution in [1.29, 1.82) is 0 Å². The maximum Gasteiger partial charge on any atom is 0.347 e. The topological polar surface area (TPSA) is 107 Å². The van der Waals surface area contributed by atoms with E-state index in [1.165, 1.54) is 11.0 Å². The number of nitrogens with one attached hydrogen (secondary N) is 2. The van der Waals surface area contributed by atoms with Crippen molar-refractivity contribution >= 4 is 22.6 Å². The van der Waals surface area contributed by atoms with Crippen molar-refractivity contribution in [2.45, 2.75) is 24.7 Å². The van der Waals surface area contributed by atoms with E-state index in [0.717, 1.165) is 39.7 Å². The third-order valence-corrected chi connectivity index (χ3v) is 7.24. The number of imidazole rings is 1. The maximum atomic E-state index is 11.8. The van der Waals surface area contributed by atoms with Crippen LogP contribution in [0.15, 0.2) is 71.8 Å². The van der Waals surface area contributed by atoms with Crippen molar-refractivity contribution < 1.29 is 14.2 Å². The highest BCUT2D eigenvalue weighted by Crippen LogP contribution is 2.35. The minimum atomic E-state index is -0.273. The summed E-state index contributed by atoms with van der Waals surface area (Å²) in [6.45, 7) is 1.19. The van der Waals surface area contributed by atoms with Crippen LogP contribution in [0.25, 0.3) is 39.0 Å². The van der Waals surface area contributed by atoms with E-state index in [-0.39, 0.29) is 24.0 Å². The number of H-pyrrole nitrogens is 2. The second-order valence-corrected chi connectivity index (χ2v) is 9.58. The number of nitrogens with zero attached hydrogens (tertiary/aromatic N) is 3. The Morgan fingerprint density at radius 3 is 2.51 bits per heavy atom. The van der Waals surface area contributed by atoms with E-state index in [1.807, 2.05) is 60.7 Å². The normalized spacial score (nSPS) is 20.9. The molecule has 2 aliphatic rings. The first-order chi connectivity index (χ1) is 18.1. The van der Waals surface area contributed by atoms with Crippen LogP contribution in [0, 0.1) is 0 Å². The lowest BCUT2D eigenvalue weighted by Crippen LogP contribution is -2.32. The molecule has 2 aliphatic heterocycles. The Hall–Kier alpha value is -3.92. The molecule has 9 nitrogen and oxygen atoms in total. The third-order valence-electron chi connectivity index (χ3n) is 6.93. The molecule has 1 unspecified atom stereocenters. The Labute approximate surface area is 216 Å². The molecule has 186 valence electrons. The van der Waals surface area contributed by atoms with Gasteiger partial charge >= 0.3 is 5.69 Å². The monoisotopic (exact) mass is 515 g/mol. The minimum Gasteiger partial charge on any atom is -0.456 e. The molecule has 4 heterocycles. The van der Waals surface area contributed by atoms with Crippen LogP contribution in [0.2, 0.25) is 5.02 Å². The molecule has 0 aliphatic carbocycles. The van der Waals surface area contributed by atoms with Crippen molar-refractivity contribution in [1.82, 2.24) is 24.7 Å². The van der Waals surface area contributed by atoms with Crippen molar-refractivity contribution in [3.05, 3.63) is 82.5 Å². The molecule has 37 heavy (non-hydrogen) atoms. The predicted octanol–water partition coefficient (Wildman–Crippen LogP) is 4.36. The standard InChI is InChI=1S/C27H22ClN5O4/c28-20-12-22-21(31-26(32-22)37-24-13-36-23-9-10-35-25(23)24)11-19(20)17-3-1-15(2-4-17)16-5-7-18(8-6-16)33-27(34)29-14-30-33/h1-8,11-12,14,23-25H,9-10,13H2,(H,31,32)(H,29,30,34)/t23-,24?,25+/m1/s1. The van der Waals surface area contributed by atoms with Gasteiger partial charge in [0.25, 0.3) is 6.01 Å². The lowest BCUT2D eigenvalue weighted by molar-refractivity contribution is 0.0273. The average molecular weight is 516 g/mol. The Balaban J connectivity index is 1.12. The fraction of sp³-hybridized carbons (Fsp3) is 0.222. The van der Waals surface area contributed by atoms with Crippen LogP contribution in [0.3, 0.4) is 0 Å². The zero-order valence-electron chi connectivity index (χ0n) is 19.6. The largest absolute Gasteiger partial charge is 0.456 e. The van der Waals surface area contributed by atoms with Gasteiger partial charge in [-0.3, -0.25) is 4.98 Å². The van der Waals surface area contributed by atoms with Crippen LogP contribution in [0.1, 0.15) is 6.42 Å². The average Bonchev–Trinajstić information content (AvgIpc) is 3.70. The molecule has 0 saturated carbocycles. The van der Waals surface area contributed by atoms with Gasteiger partial charge in [-0.25, -0.2) is 4.79 Å². The number of ether oxygens (including phenoxy) is 3. The molecule has 0 amide bonds. The summed E-state index contributed by atoms with van der Waals surface area (Å²) in [5, 5.41) is 4.63. The van der Waals surface area contributed by atoms with Gasteiger partial charge < -0.3 is 19.2 Å². The van der Waals surface area contributed by atoms with Crippen molar-refractivity contribution in [3.63, 3.8) is 0 Å². The fourth-order valence-electron chi connectivity index (χ4n) is 5.04. The van der Waals surface area contributed by atoms with Gasteiger partial charge in [-0.2, -0.15) is 14.8 Å². The molecule has 0 radical (unpaired) electrons. The van der Waals surface area contributed by atoms with Gasteiger partial charge in [-0.15, -0.1) is 0 Å². The Bertz CT molecular complexity index is 1640. The molecular weight excluding hydrogens is 494 g/mol. The van der Waals surface area contributed by atoms with Gasteiger partial charge in [-0.1, -0.05) is 48.0 Å². The molecule has 0 spiro atoms. The molecule has 7 rings (SSSR count). The van der Waals surface area contributed by atoms with E-state index in [1.54, 1.807) is 0 Å². The van der Waals surface area contributed by atoms with Crippen molar-refractivity contribution in [2.75, 3.05) is 13.2 Å². The number of rotatable bonds is 5. The summed E-state index contributed by atoms with van der Waals surface area (Å²) in [7, 11) is 0. The highest BCUT2D eigenvalue weighted by molar-refractivity contribution is 6.34. The number of halogens is 1. The van der Waals surface area contributed by atoms with E-state index in [0.29, 0.717) is 29.9 Å². The lowest BCUT2D eigenvalue weighted by atomic mass is 10.00. The lowest BCUT2D eigenvalue weighted by Gasteiger charge is -2.15. The summed E-state index contributed by atoms with van der Waals surface area (Å²) in [6, 6.07) is 20.1. The van der Waals surface area contributed by atoms with Crippen LogP contribution in [-0.2, 0) is 9.47 Å². The summed E-state index contributed by atoms with van der Waals surface area (Å²) >= 11 is 6.66. The highest BCUT2D eigenvalue weighted by Gasteiger charge is 2.43. The molecule has 2 N–H and O–H groups in total. The molecule has 2 saturated heterocycles. The van der Waals surface area contributed by atoms with Gasteiger partial charge in [-0.05, 0) is 47.4 Å². The van der Waals surface area contributed by atoms with Crippen molar-refractivity contribution in [2.24, 2.45) is 0 Å². The van der Waals surface area contributed by atoms with E-state index in [9.17, 15) is 4.79 Å². The second-order valence-electron chi connectivity index (χ2n) is 9.17. The predicted molar refractivity (Wildman–Crippen MR) is 138 cm³/mol. The second kappa shape index (κ2) is 8.88. The number of benzene rings is 3. The van der Waals surface area contributed by atoms with Crippen LogP contribution in [0.4, 0.5) is 0 Å². The quantitative estimate of drug-likeness (QED) is 0.360. The number of fused-ring (bicyclic) bond motifs is 2. The summed E-state index contributed by atoms with van der Waals surface area (Å²) in [5.41, 5.74) is 5.94. The van der Waals surface area contributed by atoms with Crippen molar-refractivity contribution in [3.8, 4) is 34.0 Å². The summed E-state index contributed by atoms with van der Waals surface area (Å²) in [6.07, 6.45) is 2.16. The molecule has 2 fully saturated rings. The molecule has 2 aromatic heterocycles. The van der Waals surface area contributed by atoms with Crippen LogP contribution >= 0.6 is 11.6 Å². The summed E-state index contributed by atoms with van der Waals surface area (Å²) in [4.78, 5) is 22.2. The zero-order chi connectivity index (χ0) is 24.9. The Kier molecular flexibility index (Phi) is 5.35. The van der Waals surface area contributed by atoms with Crippen LogP contribution in [0.5, 0.6) is 6.01 Å². The molecule has 3 atom stereocenters. The Morgan fingerprint density at radius 2 is 1.76 bits per heavy atom. The van der Waals surface area contributed by atoms with E-state index >= 15 is 0 Å². The first-order valence-electron chi connectivity index (χ1n) is 12.1. The minimum absolute atomic E-state index is 0.0460. The fourth-order valence-corrected chi connectivity index (χ4v) is 5.31. The van der Waals surface area contributed by atoms with Crippen LogP contribution in [-0.4, -0.2) is 56.3 Å². The van der Waals surface area contributed by atoms with Gasteiger partial charge in [0.2, 0.25) is 0 Å². The number of hydrogen-bond acceptors (Lipinski definition) is 6. The van der Waals surface area contributed by atoms with Gasteiger partial charge in [0, 0.05) is 12.2 Å². The zero-order valence-corrected chi connectivity index (χ0v) is 20.3. The molecule has 10 heteroatoms. The first-order valence-corrected chi connectivity index (χ1v) is 12.4. The van der Waals surface area contributed by atoms with E-state index in [4.69, 9.17) is 25.8 Å². The summed E-state index contributed by atoms with van der Waals surface area (Å²) in [5.74, 6) is 0. The smallest absolute Gasteiger partial charge is 0.347 e. The number of aromatic nitrogens is 5. The first kappa shape index (κ1) is 22.3. The number of hydrogen-bond donors (Lipinski definition) is 2. The SMILES string of the molecule is O=c1[nH]cnn1-c1ccc(-c2ccc(-c3cc4nc(OC5CO[C@@H]6CCO[C@H]56)[nH]c4cc3Cl)cc2)cc1. The van der Waals surface area contributed by atoms with E-state index in [2.05, 4.69) is 20.1 Å². The van der Waals surface area contributed by atoms with Crippen LogP contribution < -0.4 is 10.4 Å². The highest BCUT2D eigenvalue weighted by atomic mass is 35.5. The Morgan fingerprint density at radius 1 is 1.00 bits per heavy atom.